The Balaban J connectivity index is 2.26. The van der Waals surface area contributed by atoms with Crippen LogP contribution in [0.5, 0.6) is 0 Å². The van der Waals surface area contributed by atoms with Crippen molar-refractivity contribution in [2.45, 2.75) is 12.5 Å². The van der Waals surface area contributed by atoms with Crippen LogP contribution in [0.2, 0.25) is 0 Å². The maximum absolute atomic E-state index is 14.3. The Morgan fingerprint density at radius 2 is 2.13 bits per heavy atom. The highest BCUT2D eigenvalue weighted by molar-refractivity contribution is 5.98. The minimum Gasteiger partial charge on any atom is -0.370 e. The largest absolute Gasteiger partial charge is 0.370 e. The normalized spacial score (nSPS) is 20.7. The summed E-state index contributed by atoms with van der Waals surface area (Å²) in [6, 6.07) is 8.46. The number of benzene rings is 1. The first-order valence-corrected chi connectivity index (χ1v) is 7.17. The SMILES string of the molecule is COC1C=C2C(=CN(C)C(C#N)=C2c2ccccc2F)CC1=O. The van der Waals surface area contributed by atoms with Gasteiger partial charge < -0.3 is 9.64 Å². The highest BCUT2D eigenvalue weighted by Gasteiger charge is 2.33. The molecule has 0 aromatic heterocycles. The summed E-state index contributed by atoms with van der Waals surface area (Å²) >= 11 is 0. The van der Waals surface area contributed by atoms with E-state index in [0.717, 1.165) is 5.57 Å². The number of hydrogen-bond donors (Lipinski definition) is 0. The number of carbonyl (C=O) groups excluding carboxylic acids is 1. The van der Waals surface area contributed by atoms with Gasteiger partial charge in [0.25, 0.3) is 0 Å². The fourth-order valence-electron chi connectivity index (χ4n) is 2.97. The van der Waals surface area contributed by atoms with Crippen molar-refractivity contribution in [3.63, 3.8) is 0 Å². The van der Waals surface area contributed by atoms with Crippen molar-refractivity contribution >= 4 is 11.4 Å². The second-order valence-corrected chi connectivity index (χ2v) is 5.46. The lowest BCUT2D eigenvalue weighted by Gasteiger charge is -2.31. The van der Waals surface area contributed by atoms with Crippen LogP contribution in [0.3, 0.4) is 0 Å². The van der Waals surface area contributed by atoms with Crippen LogP contribution in [-0.4, -0.2) is 30.9 Å². The molecular formula is C18H15FN2O2. The lowest BCUT2D eigenvalue weighted by Crippen LogP contribution is -2.29. The Bertz CT molecular complexity index is 815. The Kier molecular flexibility index (Phi) is 3.85. The molecule has 1 atom stereocenters. The van der Waals surface area contributed by atoms with E-state index in [4.69, 9.17) is 4.74 Å². The average Bonchev–Trinajstić information content (AvgIpc) is 2.54. The molecule has 3 rings (SSSR count). The molecule has 0 spiro atoms. The number of fused-ring (bicyclic) bond motifs is 1. The molecule has 0 bridgehead atoms. The number of rotatable bonds is 2. The van der Waals surface area contributed by atoms with Crippen LogP contribution >= 0.6 is 0 Å². The monoisotopic (exact) mass is 310 g/mol. The van der Waals surface area contributed by atoms with Crippen LogP contribution in [0.1, 0.15) is 12.0 Å². The van der Waals surface area contributed by atoms with E-state index in [-0.39, 0.29) is 12.2 Å². The molecule has 0 amide bonds. The highest BCUT2D eigenvalue weighted by Crippen LogP contribution is 2.41. The summed E-state index contributed by atoms with van der Waals surface area (Å²) in [7, 11) is 3.18. The van der Waals surface area contributed by atoms with Crippen molar-refractivity contribution in [2.75, 3.05) is 14.2 Å². The summed E-state index contributed by atoms with van der Waals surface area (Å²) in [5.41, 5.74) is 2.64. The smallest absolute Gasteiger partial charge is 0.169 e. The summed E-state index contributed by atoms with van der Waals surface area (Å²) in [4.78, 5) is 13.7. The maximum Gasteiger partial charge on any atom is 0.169 e. The van der Waals surface area contributed by atoms with Crippen molar-refractivity contribution in [1.82, 2.24) is 4.90 Å². The fraction of sp³-hybridized carbons (Fsp3) is 0.222. The Morgan fingerprint density at radius 1 is 1.39 bits per heavy atom. The van der Waals surface area contributed by atoms with Crippen molar-refractivity contribution in [3.8, 4) is 6.07 Å². The zero-order valence-corrected chi connectivity index (χ0v) is 12.8. The molecule has 0 saturated carbocycles. The Labute approximate surface area is 133 Å². The van der Waals surface area contributed by atoms with Gasteiger partial charge in [-0.2, -0.15) is 5.26 Å². The number of ketones is 1. The van der Waals surface area contributed by atoms with Gasteiger partial charge in [-0.05, 0) is 23.3 Å². The van der Waals surface area contributed by atoms with Crippen LogP contribution in [0.15, 0.2) is 53.4 Å². The van der Waals surface area contributed by atoms with Gasteiger partial charge in [0.05, 0.1) is 0 Å². The van der Waals surface area contributed by atoms with E-state index in [1.165, 1.54) is 13.2 Å². The quantitative estimate of drug-likeness (QED) is 0.843. The zero-order chi connectivity index (χ0) is 16.6. The molecule has 1 aliphatic carbocycles. The van der Waals surface area contributed by atoms with E-state index in [9.17, 15) is 14.4 Å². The van der Waals surface area contributed by atoms with Gasteiger partial charge in [0.2, 0.25) is 0 Å². The first kappa shape index (κ1) is 15.2. The first-order chi connectivity index (χ1) is 11.1. The first-order valence-electron chi connectivity index (χ1n) is 7.17. The number of methoxy groups -OCH3 is 1. The van der Waals surface area contributed by atoms with E-state index in [1.807, 2.05) is 0 Å². The fourth-order valence-corrected chi connectivity index (χ4v) is 2.97. The molecule has 4 nitrogen and oxygen atoms in total. The van der Waals surface area contributed by atoms with Crippen molar-refractivity contribution in [1.29, 1.82) is 5.26 Å². The third-order valence-corrected chi connectivity index (χ3v) is 4.06. The van der Waals surface area contributed by atoms with Gasteiger partial charge in [-0.1, -0.05) is 18.2 Å². The van der Waals surface area contributed by atoms with Gasteiger partial charge in [-0.15, -0.1) is 0 Å². The molecule has 1 heterocycles. The number of nitrogens with zero attached hydrogens (tertiary/aromatic N) is 2. The molecule has 1 unspecified atom stereocenters. The van der Waals surface area contributed by atoms with Crippen LogP contribution in [0.25, 0.3) is 5.57 Å². The number of halogens is 1. The van der Waals surface area contributed by atoms with E-state index < -0.39 is 11.9 Å². The third kappa shape index (κ3) is 2.47. The molecule has 1 aromatic rings. The molecule has 0 N–H and O–H groups in total. The number of hydrogen-bond acceptors (Lipinski definition) is 4. The van der Waals surface area contributed by atoms with Crippen molar-refractivity contribution in [3.05, 3.63) is 64.8 Å². The topological polar surface area (TPSA) is 53.3 Å². The van der Waals surface area contributed by atoms with E-state index >= 15 is 0 Å². The molecule has 0 fully saturated rings. The average molecular weight is 310 g/mol. The highest BCUT2D eigenvalue weighted by atomic mass is 19.1. The van der Waals surface area contributed by atoms with E-state index in [0.29, 0.717) is 22.4 Å². The second kappa shape index (κ2) is 5.82. The number of Topliss-reactive ketones (excluding diaryl/α,β-unsaturated/α-hetero) is 1. The van der Waals surface area contributed by atoms with Gasteiger partial charge in [0.1, 0.15) is 23.7 Å². The third-order valence-electron chi connectivity index (χ3n) is 4.06. The van der Waals surface area contributed by atoms with Gasteiger partial charge in [-0.3, -0.25) is 4.79 Å². The number of nitriles is 1. The molecule has 116 valence electrons. The summed E-state index contributed by atoms with van der Waals surface area (Å²) in [6.07, 6.45) is 2.94. The number of carbonyl (C=O) groups is 1. The Hall–Kier alpha value is -2.71. The molecule has 23 heavy (non-hydrogen) atoms. The van der Waals surface area contributed by atoms with Crippen molar-refractivity contribution < 1.29 is 13.9 Å². The van der Waals surface area contributed by atoms with Gasteiger partial charge in [0.15, 0.2) is 5.78 Å². The van der Waals surface area contributed by atoms with E-state index in [2.05, 4.69) is 6.07 Å². The lowest BCUT2D eigenvalue weighted by atomic mass is 9.81. The summed E-state index contributed by atoms with van der Waals surface area (Å²) < 4.78 is 19.5. The molecule has 5 heteroatoms. The Morgan fingerprint density at radius 3 is 2.78 bits per heavy atom. The molecule has 0 radical (unpaired) electrons. The minimum absolute atomic E-state index is 0.0517. The van der Waals surface area contributed by atoms with Crippen LogP contribution in [-0.2, 0) is 9.53 Å². The van der Waals surface area contributed by atoms with Crippen molar-refractivity contribution in [2.24, 2.45) is 0 Å². The molecular weight excluding hydrogens is 295 g/mol. The molecule has 0 saturated heterocycles. The maximum atomic E-state index is 14.3. The zero-order valence-electron chi connectivity index (χ0n) is 12.8. The molecule has 1 aromatic carbocycles. The molecule has 1 aliphatic heterocycles. The summed E-state index contributed by atoms with van der Waals surface area (Å²) in [6.45, 7) is 0. The second-order valence-electron chi connectivity index (χ2n) is 5.46. The predicted molar refractivity (Wildman–Crippen MR) is 83.3 cm³/mol. The van der Waals surface area contributed by atoms with Crippen LogP contribution in [0.4, 0.5) is 4.39 Å². The van der Waals surface area contributed by atoms with Gasteiger partial charge >= 0.3 is 0 Å². The van der Waals surface area contributed by atoms with E-state index in [1.54, 1.807) is 42.4 Å². The summed E-state index contributed by atoms with van der Waals surface area (Å²) in [5, 5.41) is 9.52. The lowest BCUT2D eigenvalue weighted by molar-refractivity contribution is -0.125. The standard InChI is InChI=1S/C18H15FN2O2/c1-21-10-11-7-16(22)17(23-2)8-13(11)18(15(21)9-20)12-5-3-4-6-14(12)19/h3-6,8,10,17H,7H2,1-2H3. The van der Waals surface area contributed by atoms with Gasteiger partial charge in [-0.25, -0.2) is 4.39 Å². The number of ether oxygens (including phenoxy) is 1. The van der Waals surface area contributed by atoms with Crippen LogP contribution < -0.4 is 0 Å². The van der Waals surface area contributed by atoms with Gasteiger partial charge in [0, 0.05) is 37.9 Å². The summed E-state index contributed by atoms with van der Waals surface area (Å²) in [5.74, 6) is -0.458. The molecule has 2 aliphatic rings. The number of allylic oxidation sites excluding steroid dienone is 4. The minimum atomic E-state index is -0.674. The van der Waals surface area contributed by atoms with Crippen LogP contribution in [0, 0.1) is 17.1 Å². The predicted octanol–water partition coefficient (Wildman–Crippen LogP) is 2.80.